The van der Waals surface area contributed by atoms with Crippen molar-refractivity contribution in [2.75, 3.05) is 29.5 Å². The molecule has 1 aliphatic heterocycles. The molecule has 4 rings (SSSR count). The van der Waals surface area contributed by atoms with E-state index >= 15 is 0 Å². The van der Waals surface area contributed by atoms with Crippen LogP contribution in [0.2, 0.25) is 0 Å². The Balaban J connectivity index is 1.54. The third-order valence-corrected chi connectivity index (χ3v) is 5.22. The van der Waals surface area contributed by atoms with Crippen LogP contribution in [0.3, 0.4) is 0 Å². The third-order valence-electron chi connectivity index (χ3n) is 5.22. The molecule has 1 atom stereocenters. The number of anilines is 2. The molecule has 2 aromatic rings. The van der Waals surface area contributed by atoms with Gasteiger partial charge in [-0.25, -0.2) is 9.97 Å². The van der Waals surface area contributed by atoms with Gasteiger partial charge in [0.25, 0.3) is 0 Å². The van der Waals surface area contributed by atoms with Crippen LogP contribution in [0.25, 0.3) is 0 Å². The molecule has 5 heteroatoms. The van der Waals surface area contributed by atoms with Crippen LogP contribution < -0.4 is 9.80 Å². The van der Waals surface area contributed by atoms with Crippen LogP contribution in [0, 0.1) is 5.92 Å². The van der Waals surface area contributed by atoms with Crippen LogP contribution in [0.15, 0.2) is 42.7 Å². The summed E-state index contributed by atoms with van der Waals surface area (Å²) in [6.45, 7) is 3.04. The van der Waals surface area contributed by atoms with Gasteiger partial charge in [-0.15, -0.1) is 0 Å². The highest BCUT2D eigenvalue weighted by Gasteiger charge is 2.30. The zero-order valence-corrected chi connectivity index (χ0v) is 14.6. The Morgan fingerprint density at radius 3 is 2.72 bits per heavy atom. The van der Waals surface area contributed by atoms with Gasteiger partial charge in [0.2, 0.25) is 0 Å². The largest absolute Gasteiger partial charge is 0.396 e. The molecule has 132 valence electrons. The molecule has 0 bridgehead atoms. The standard InChI is InChI=1S/C20H26N4O/c25-14-17-7-4-10-23(12-17)19-11-20(22-15-21-19)24(18-8-9-18)13-16-5-2-1-3-6-16/h1-3,5-6,11,15,17-18,25H,4,7-10,12-14H2. The maximum absolute atomic E-state index is 9.48. The summed E-state index contributed by atoms with van der Waals surface area (Å²) in [7, 11) is 0. The van der Waals surface area contributed by atoms with Crippen molar-refractivity contribution in [3.8, 4) is 0 Å². The highest BCUT2D eigenvalue weighted by atomic mass is 16.3. The second-order valence-electron chi connectivity index (χ2n) is 7.22. The van der Waals surface area contributed by atoms with Crippen molar-refractivity contribution in [2.45, 2.75) is 38.3 Å². The minimum absolute atomic E-state index is 0.261. The van der Waals surface area contributed by atoms with Crippen molar-refractivity contribution in [1.82, 2.24) is 9.97 Å². The fourth-order valence-electron chi connectivity index (χ4n) is 3.65. The van der Waals surface area contributed by atoms with Crippen molar-refractivity contribution < 1.29 is 5.11 Å². The van der Waals surface area contributed by atoms with Gasteiger partial charge in [-0.05, 0) is 37.2 Å². The van der Waals surface area contributed by atoms with Gasteiger partial charge in [-0.2, -0.15) is 0 Å². The molecule has 2 aliphatic rings. The van der Waals surface area contributed by atoms with Gasteiger partial charge in [0.05, 0.1) is 0 Å². The van der Waals surface area contributed by atoms with Crippen molar-refractivity contribution in [2.24, 2.45) is 5.92 Å². The average Bonchev–Trinajstić information content (AvgIpc) is 3.52. The Kier molecular flexibility index (Phi) is 4.83. The molecule has 0 radical (unpaired) electrons. The number of aliphatic hydroxyl groups is 1. The number of aromatic nitrogens is 2. The van der Waals surface area contributed by atoms with Gasteiger partial charge in [0.15, 0.2) is 0 Å². The second-order valence-corrected chi connectivity index (χ2v) is 7.22. The van der Waals surface area contributed by atoms with E-state index in [1.54, 1.807) is 6.33 Å². The van der Waals surface area contributed by atoms with E-state index in [0.29, 0.717) is 12.0 Å². The zero-order valence-electron chi connectivity index (χ0n) is 14.6. The molecule has 1 saturated heterocycles. The van der Waals surface area contributed by atoms with E-state index in [4.69, 9.17) is 0 Å². The number of nitrogens with zero attached hydrogens (tertiary/aromatic N) is 4. The summed E-state index contributed by atoms with van der Waals surface area (Å²) in [5.41, 5.74) is 1.31. The predicted octanol–water partition coefficient (Wildman–Crippen LogP) is 2.85. The lowest BCUT2D eigenvalue weighted by Crippen LogP contribution is -2.37. The van der Waals surface area contributed by atoms with Crippen LogP contribution in [-0.2, 0) is 6.54 Å². The molecule has 1 aromatic carbocycles. The smallest absolute Gasteiger partial charge is 0.134 e. The van der Waals surface area contributed by atoms with Crippen molar-refractivity contribution in [3.05, 3.63) is 48.3 Å². The first kappa shape index (κ1) is 16.3. The summed E-state index contributed by atoms with van der Waals surface area (Å²) in [5, 5.41) is 9.48. The molecule has 1 N–H and O–H groups in total. The Morgan fingerprint density at radius 1 is 1.12 bits per heavy atom. The first-order valence-corrected chi connectivity index (χ1v) is 9.32. The van der Waals surface area contributed by atoms with Crippen LogP contribution in [0.4, 0.5) is 11.6 Å². The van der Waals surface area contributed by atoms with Gasteiger partial charge in [-0.1, -0.05) is 30.3 Å². The normalized spacial score (nSPS) is 20.5. The van der Waals surface area contributed by atoms with E-state index in [2.05, 4.69) is 56.2 Å². The van der Waals surface area contributed by atoms with E-state index in [9.17, 15) is 5.11 Å². The maximum Gasteiger partial charge on any atom is 0.134 e. The van der Waals surface area contributed by atoms with E-state index < -0.39 is 0 Å². The van der Waals surface area contributed by atoms with Crippen molar-refractivity contribution in [3.63, 3.8) is 0 Å². The molecule has 0 amide bonds. The molecular weight excluding hydrogens is 312 g/mol. The number of hydrogen-bond donors (Lipinski definition) is 1. The number of rotatable bonds is 6. The molecule has 5 nitrogen and oxygen atoms in total. The predicted molar refractivity (Wildman–Crippen MR) is 99.7 cm³/mol. The van der Waals surface area contributed by atoms with Crippen LogP contribution >= 0.6 is 0 Å². The molecule has 1 aliphatic carbocycles. The highest BCUT2D eigenvalue weighted by Crippen LogP contribution is 2.33. The molecular formula is C20H26N4O. The quantitative estimate of drug-likeness (QED) is 0.878. The summed E-state index contributed by atoms with van der Waals surface area (Å²) in [4.78, 5) is 13.8. The topological polar surface area (TPSA) is 52.5 Å². The lowest BCUT2D eigenvalue weighted by atomic mass is 9.99. The van der Waals surface area contributed by atoms with Crippen molar-refractivity contribution in [1.29, 1.82) is 0 Å². The van der Waals surface area contributed by atoms with E-state index in [-0.39, 0.29) is 6.61 Å². The van der Waals surface area contributed by atoms with E-state index in [1.807, 2.05) is 0 Å². The lowest BCUT2D eigenvalue weighted by Gasteiger charge is -2.33. The summed E-state index contributed by atoms with van der Waals surface area (Å²) in [5.74, 6) is 2.36. The third kappa shape index (κ3) is 3.93. The van der Waals surface area contributed by atoms with Gasteiger partial charge >= 0.3 is 0 Å². The Morgan fingerprint density at radius 2 is 1.96 bits per heavy atom. The molecule has 2 heterocycles. The van der Waals surface area contributed by atoms with Crippen LogP contribution in [0.1, 0.15) is 31.2 Å². The van der Waals surface area contributed by atoms with E-state index in [1.165, 1.54) is 18.4 Å². The summed E-state index contributed by atoms with van der Waals surface area (Å²) in [6, 6.07) is 13.3. The minimum Gasteiger partial charge on any atom is -0.396 e. The number of hydrogen-bond acceptors (Lipinski definition) is 5. The fourth-order valence-corrected chi connectivity index (χ4v) is 3.65. The van der Waals surface area contributed by atoms with Crippen LogP contribution in [-0.4, -0.2) is 40.8 Å². The SMILES string of the molecule is OCC1CCCN(c2cc(N(Cc3ccccc3)C3CC3)ncn2)C1. The molecule has 1 unspecified atom stereocenters. The first-order valence-electron chi connectivity index (χ1n) is 9.32. The highest BCUT2D eigenvalue weighted by molar-refractivity contribution is 5.52. The molecule has 25 heavy (non-hydrogen) atoms. The van der Waals surface area contributed by atoms with Gasteiger partial charge < -0.3 is 14.9 Å². The minimum atomic E-state index is 0.261. The monoisotopic (exact) mass is 338 g/mol. The Labute approximate surface area is 149 Å². The van der Waals surface area contributed by atoms with Gasteiger partial charge in [-0.3, -0.25) is 0 Å². The maximum atomic E-state index is 9.48. The van der Waals surface area contributed by atoms with E-state index in [0.717, 1.165) is 44.1 Å². The summed E-state index contributed by atoms with van der Waals surface area (Å²) >= 11 is 0. The lowest BCUT2D eigenvalue weighted by molar-refractivity contribution is 0.208. The molecule has 2 fully saturated rings. The molecule has 1 aromatic heterocycles. The molecule has 1 saturated carbocycles. The van der Waals surface area contributed by atoms with Gasteiger partial charge in [0, 0.05) is 38.3 Å². The number of aliphatic hydroxyl groups excluding tert-OH is 1. The first-order chi connectivity index (χ1) is 12.3. The fraction of sp³-hybridized carbons (Fsp3) is 0.500. The van der Waals surface area contributed by atoms with Gasteiger partial charge in [0.1, 0.15) is 18.0 Å². The Bertz CT molecular complexity index is 689. The summed E-state index contributed by atoms with van der Waals surface area (Å²) < 4.78 is 0. The molecule has 0 spiro atoms. The van der Waals surface area contributed by atoms with Crippen LogP contribution in [0.5, 0.6) is 0 Å². The zero-order chi connectivity index (χ0) is 17.1. The second kappa shape index (κ2) is 7.40. The average molecular weight is 338 g/mol. The Hall–Kier alpha value is -2.14. The number of benzene rings is 1. The number of piperidine rings is 1. The summed E-state index contributed by atoms with van der Waals surface area (Å²) in [6.07, 6.45) is 6.38. The van der Waals surface area contributed by atoms with Crippen molar-refractivity contribution >= 4 is 11.6 Å².